The first kappa shape index (κ1) is 13.1. The lowest BCUT2D eigenvalue weighted by atomic mass is 10.2. The van der Waals surface area contributed by atoms with Gasteiger partial charge in [0.25, 0.3) is 0 Å². The highest BCUT2D eigenvalue weighted by molar-refractivity contribution is 8.00. The van der Waals surface area contributed by atoms with Crippen molar-refractivity contribution < 1.29 is 4.79 Å². The zero-order valence-electron chi connectivity index (χ0n) is 9.69. The minimum atomic E-state index is -0.0759. The lowest BCUT2D eigenvalue weighted by Gasteiger charge is -2.11. The van der Waals surface area contributed by atoms with Crippen molar-refractivity contribution in [1.82, 2.24) is 5.32 Å². The number of amides is 1. The van der Waals surface area contributed by atoms with E-state index < -0.39 is 0 Å². The molecule has 1 amide bonds. The van der Waals surface area contributed by atoms with Gasteiger partial charge in [-0.15, -0.1) is 11.8 Å². The number of benzene rings is 1. The highest BCUT2D eigenvalue weighted by Crippen LogP contribution is 2.23. The molecule has 1 atom stereocenters. The lowest BCUT2D eigenvalue weighted by Crippen LogP contribution is -2.30. The van der Waals surface area contributed by atoms with Gasteiger partial charge in [0.15, 0.2) is 0 Å². The molecule has 16 heavy (non-hydrogen) atoms. The third kappa shape index (κ3) is 3.87. The average Bonchev–Trinajstić information content (AvgIpc) is 2.29. The Kier molecular flexibility index (Phi) is 5.35. The van der Waals surface area contributed by atoms with Crippen LogP contribution in [0.4, 0.5) is 0 Å². The Morgan fingerprint density at radius 2 is 2.31 bits per heavy atom. The molecule has 0 radical (unpaired) electrons. The van der Waals surface area contributed by atoms with E-state index in [0.29, 0.717) is 13.1 Å². The molecule has 3 nitrogen and oxygen atoms in total. The maximum atomic E-state index is 11.5. The SMILES string of the molecule is CCNC(=O)C(C)Sc1cccc(CN)c1. The lowest BCUT2D eigenvalue weighted by molar-refractivity contribution is -0.120. The van der Waals surface area contributed by atoms with Gasteiger partial charge in [0.2, 0.25) is 5.91 Å². The van der Waals surface area contributed by atoms with Gasteiger partial charge in [-0.1, -0.05) is 12.1 Å². The second kappa shape index (κ2) is 6.55. The zero-order valence-corrected chi connectivity index (χ0v) is 10.5. The van der Waals surface area contributed by atoms with Crippen LogP contribution in [-0.4, -0.2) is 17.7 Å². The zero-order chi connectivity index (χ0) is 12.0. The van der Waals surface area contributed by atoms with Crippen LogP contribution < -0.4 is 11.1 Å². The number of hydrogen-bond donors (Lipinski definition) is 2. The van der Waals surface area contributed by atoms with Gasteiger partial charge in [-0.05, 0) is 31.5 Å². The molecule has 0 aromatic heterocycles. The predicted octanol–water partition coefficient (Wildman–Crippen LogP) is 1.76. The van der Waals surface area contributed by atoms with Gasteiger partial charge in [-0.2, -0.15) is 0 Å². The topological polar surface area (TPSA) is 55.1 Å². The summed E-state index contributed by atoms with van der Waals surface area (Å²) in [6.45, 7) is 5.03. The minimum Gasteiger partial charge on any atom is -0.355 e. The second-order valence-electron chi connectivity index (χ2n) is 3.51. The Morgan fingerprint density at radius 3 is 2.94 bits per heavy atom. The van der Waals surface area contributed by atoms with Crippen LogP contribution in [0.2, 0.25) is 0 Å². The average molecular weight is 238 g/mol. The van der Waals surface area contributed by atoms with Crippen LogP contribution in [0.3, 0.4) is 0 Å². The van der Waals surface area contributed by atoms with Gasteiger partial charge in [0.1, 0.15) is 0 Å². The molecule has 1 unspecified atom stereocenters. The van der Waals surface area contributed by atoms with E-state index in [1.165, 1.54) is 0 Å². The quantitative estimate of drug-likeness (QED) is 0.769. The maximum Gasteiger partial charge on any atom is 0.233 e. The first-order chi connectivity index (χ1) is 7.67. The van der Waals surface area contributed by atoms with Crippen molar-refractivity contribution in [1.29, 1.82) is 0 Å². The number of carbonyl (C=O) groups is 1. The molecule has 88 valence electrons. The van der Waals surface area contributed by atoms with E-state index in [-0.39, 0.29) is 11.2 Å². The fourth-order valence-electron chi connectivity index (χ4n) is 1.32. The molecule has 0 heterocycles. The fourth-order valence-corrected chi connectivity index (χ4v) is 2.30. The summed E-state index contributed by atoms with van der Waals surface area (Å²) >= 11 is 1.55. The highest BCUT2D eigenvalue weighted by atomic mass is 32.2. The number of thioether (sulfide) groups is 1. The first-order valence-electron chi connectivity index (χ1n) is 5.40. The van der Waals surface area contributed by atoms with Crippen molar-refractivity contribution in [3.8, 4) is 0 Å². The molecular formula is C12H18N2OS. The first-order valence-corrected chi connectivity index (χ1v) is 6.28. The third-order valence-electron chi connectivity index (χ3n) is 2.17. The van der Waals surface area contributed by atoms with Gasteiger partial charge >= 0.3 is 0 Å². The summed E-state index contributed by atoms with van der Waals surface area (Å²) in [5.74, 6) is 0.0747. The van der Waals surface area contributed by atoms with Crippen LogP contribution >= 0.6 is 11.8 Å². The maximum absolute atomic E-state index is 11.5. The number of rotatable bonds is 5. The molecule has 0 saturated carbocycles. The molecule has 1 aromatic carbocycles. The van der Waals surface area contributed by atoms with E-state index in [9.17, 15) is 4.79 Å². The van der Waals surface area contributed by atoms with Crippen LogP contribution in [0.5, 0.6) is 0 Å². The molecule has 0 bridgehead atoms. The van der Waals surface area contributed by atoms with Crippen molar-refractivity contribution in [2.45, 2.75) is 30.5 Å². The predicted molar refractivity (Wildman–Crippen MR) is 68.3 cm³/mol. The van der Waals surface area contributed by atoms with Crippen LogP contribution in [0.1, 0.15) is 19.4 Å². The fraction of sp³-hybridized carbons (Fsp3) is 0.417. The van der Waals surface area contributed by atoms with Crippen molar-refractivity contribution >= 4 is 17.7 Å². The summed E-state index contributed by atoms with van der Waals surface area (Å²) in [5, 5.41) is 2.73. The smallest absolute Gasteiger partial charge is 0.233 e. The number of nitrogens with one attached hydrogen (secondary N) is 1. The summed E-state index contributed by atoms with van der Waals surface area (Å²) in [5.41, 5.74) is 6.66. The Bertz CT molecular complexity index is 355. The summed E-state index contributed by atoms with van der Waals surface area (Å²) in [6.07, 6.45) is 0. The van der Waals surface area contributed by atoms with E-state index in [4.69, 9.17) is 5.73 Å². The molecule has 3 N–H and O–H groups in total. The van der Waals surface area contributed by atoms with Crippen LogP contribution in [0.15, 0.2) is 29.2 Å². The molecule has 0 saturated heterocycles. The Morgan fingerprint density at radius 1 is 1.56 bits per heavy atom. The van der Waals surface area contributed by atoms with Gasteiger partial charge in [-0.25, -0.2) is 0 Å². The Balaban J connectivity index is 2.61. The molecular weight excluding hydrogens is 220 g/mol. The molecule has 1 rings (SSSR count). The van der Waals surface area contributed by atoms with Gasteiger partial charge in [0, 0.05) is 18.0 Å². The number of hydrogen-bond acceptors (Lipinski definition) is 3. The molecule has 0 aliphatic heterocycles. The van der Waals surface area contributed by atoms with Gasteiger partial charge in [-0.3, -0.25) is 4.79 Å². The minimum absolute atomic E-state index is 0.0747. The second-order valence-corrected chi connectivity index (χ2v) is 4.92. The van der Waals surface area contributed by atoms with Gasteiger partial charge < -0.3 is 11.1 Å². The van der Waals surface area contributed by atoms with Crippen LogP contribution in [-0.2, 0) is 11.3 Å². The Hall–Kier alpha value is -1.00. The largest absolute Gasteiger partial charge is 0.355 e. The monoisotopic (exact) mass is 238 g/mol. The van der Waals surface area contributed by atoms with Crippen molar-refractivity contribution in [2.75, 3.05) is 6.54 Å². The molecule has 0 aliphatic rings. The third-order valence-corrected chi connectivity index (χ3v) is 3.26. The van der Waals surface area contributed by atoms with E-state index in [1.54, 1.807) is 11.8 Å². The van der Waals surface area contributed by atoms with E-state index in [0.717, 1.165) is 10.5 Å². The van der Waals surface area contributed by atoms with E-state index >= 15 is 0 Å². The summed E-state index contributed by atoms with van der Waals surface area (Å²) in [4.78, 5) is 12.6. The molecule has 0 fully saturated rings. The normalized spacial score (nSPS) is 12.2. The van der Waals surface area contributed by atoms with Crippen molar-refractivity contribution in [3.05, 3.63) is 29.8 Å². The highest BCUT2D eigenvalue weighted by Gasteiger charge is 2.12. The molecule has 1 aromatic rings. The number of nitrogens with two attached hydrogens (primary N) is 1. The van der Waals surface area contributed by atoms with Gasteiger partial charge in [0.05, 0.1) is 5.25 Å². The molecule has 0 spiro atoms. The van der Waals surface area contributed by atoms with Crippen molar-refractivity contribution in [3.63, 3.8) is 0 Å². The van der Waals surface area contributed by atoms with Crippen LogP contribution in [0, 0.1) is 0 Å². The summed E-state index contributed by atoms with van der Waals surface area (Å²) in [6, 6.07) is 7.98. The standard InChI is InChI=1S/C12H18N2OS/c1-3-14-12(15)9(2)16-11-6-4-5-10(7-11)8-13/h4-7,9H,3,8,13H2,1-2H3,(H,14,15). The molecule has 0 aliphatic carbocycles. The van der Waals surface area contributed by atoms with Crippen LogP contribution in [0.25, 0.3) is 0 Å². The van der Waals surface area contributed by atoms with E-state index in [1.807, 2.05) is 38.1 Å². The molecule has 4 heteroatoms. The summed E-state index contributed by atoms with van der Waals surface area (Å²) in [7, 11) is 0. The number of carbonyl (C=O) groups excluding carboxylic acids is 1. The van der Waals surface area contributed by atoms with Crippen molar-refractivity contribution in [2.24, 2.45) is 5.73 Å². The Labute approximate surface area is 101 Å². The summed E-state index contributed by atoms with van der Waals surface area (Å²) < 4.78 is 0. The van der Waals surface area contributed by atoms with E-state index in [2.05, 4.69) is 5.32 Å².